The van der Waals surface area contributed by atoms with E-state index in [9.17, 15) is 24.0 Å². The topological polar surface area (TPSA) is 152 Å². The zero-order valence-electron chi connectivity index (χ0n) is 25.6. The Morgan fingerprint density at radius 2 is 1.65 bits per heavy atom. The average molecular weight is 599 g/mol. The summed E-state index contributed by atoms with van der Waals surface area (Å²) in [6, 6.07) is 3.23. The maximum atomic E-state index is 13.6. The number of benzene rings is 1. The number of nitrogens with zero attached hydrogens (tertiary/aromatic N) is 2. The van der Waals surface area contributed by atoms with Crippen molar-refractivity contribution in [1.29, 1.82) is 0 Å². The number of carbonyl (C=O) groups is 4. The van der Waals surface area contributed by atoms with Gasteiger partial charge in [0.15, 0.2) is 5.75 Å². The third-order valence-corrected chi connectivity index (χ3v) is 6.94. The highest BCUT2D eigenvalue weighted by Gasteiger charge is 2.37. The first kappa shape index (κ1) is 31.7. The summed E-state index contributed by atoms with van der Waals surface area (Å²) in [6.45, 7) is 10.8. The molecule has 1 N–H and O–H groups in total. The molecule has 14 heteroatoms. The number of methoxy groups -OCH3 is 1. The number of amides is 1. The third-order valence-electron chi connectivity index (χ3n) is 6.94. The first-order valence-corrected chi connectivity index (χ1v) is 14.2. The summed E-state index contributed by atoms with van der Waals surface area (Å²) in [7, 11) is -0.415. The number of pyridine rings is 1. The maximum absolute atomic E-state index is 13.6. The molecule has 2 heterocycles. The van der Waals surface area contributed by atoms with Crippen LogP contribution in [0.2, 0.25) is 0 Å². The van der Waals surface area contributed by atoms with E-state index >= 15 is 0 Å². The maximum Gasteiger partial charge on any atom is 0.870 e. The Labute approximate surface area is 249 Å². The fourth-order valence-electron chi connectivity index (χ4n) is 5.26. The molecule has 13 nitrogen and oxygen atoms in total. The predicted octanol–water partition coefficient (Wildman–Crippen LogP) is 3.35. The molecule has 43 heavy (non-hydrogen) atoms. The molecular formula is C29H38BN3O10. The summed E-state index contributed by atoms with van der Waals surface area (Å²) in [5.74, 6) is -2.11. The van der Waals surface area contributed by atoms with Gasteiger partial charge in [-0.1, -0.05) is 6.92 Å². The van der Waals surface area contributed by atoms with Gasteiger partial charge in [-0.15, -0.1) is 0 Å². The number of carbonyl (C=O) groups excluding carboxylic acids is 4. The molecular weight excluding hydrogens is 561 g/mol. The summed E-state index contributed by atoms with van der Waals surface area (Å²) in [6.07, 6.45) is 3.34. The summed E-state index contributed by atoms with van der Waals surface area (Å²) >= 11 is 0. The largest absolute Gasteiger partial charge is 0.870 e. The molecule has 1 aromatic carbocycles. The first-order chi connectivity index (χ1) is 20.2. The van der Waals surface area contributed by atoms with E-state index in [-0.39, 0.29) is 29.0 Å². The van der Waals surface area contributed by atoms with Gasteiger partial charge in [0.05, 0.1) is 23.7 Å². The van der Waals surface area contributed by atoms with E-state index in [1.165, 1.54) is 13.3 Å². The minimum Gasteiger partial charge on any atom is -0.492 e. The molecule has 1 amide bonds. The molecule has 0 spiro atoms. The molecule has 0 bridgehead atoms. The van der Waals surface area contributed by atoms with Gasteiger partial charge in [0.1, 0.15) is 11.2 Å². The fraction of sp³-hybridized carbons (Fsp3) is 0.552. The lowest BCUT2D eigenvalue weighted by molar-refractivity contribution is -0.139. The van der Waals surface area contributed by atoms with Gasteiger partial charge in [-0.05, 0) is 58.1 Å². The molecule has 2 aliphatic rings. The van der Waals surface area contributed by atoms with E-state index < -0.39 is 42.4 Å². The van der Waals surface area contributed by atoms with Crippen LogP contribution in [0.25, 0.3) is 10.9 Å². The number of piperidine rings is 1. The second-order valence-corrected chi connectivity index (χ2v) is 12.0. The molecule has 1 saturated heterocycles. The quantitative estimate of drug-likeness (QED) is 0.445. The molecule has 232 valence electrons. The first-order valence-electron chi connectivity index (χ1n) is 14.2. The van der Waals surface area contributed by atoms with Gasteiger partial charge >= 0.3 is 19.4 Å². The standard InChI is InChI=1S/C29H38BN3O10/c1-16-12-19(31-28(38)40-29(4,5)6)14-32(13-16)23-11-10-21-24(26(23)39-7)33(20-8-9-20)15-22(25(21)36)27(37)43-30(41-17(2)34)42-18(3)35/h10-11,15-16,19-20H,8-9,12-14H2,1-7H3,(H,31,38)/t16-,19+/m1/s1. The lowest BCUT2D eigenvalue weighted by atomic mass is 9.95. The van der Waals surface area contributed by atoms with Crippen LogP contribution >= 0.6 is 0 Å². The van der Waals surface area contributed by atoms with Crippen molar-refractivity contribution in [3.8, 4) is 5.75 Å². The normalized spacial score (nSPS) is 18.4. The molecule has 0 unspecified atom stereocenters. The molecule has 1 saturated carbocycles. The molecule has 2 fully saturated rings. The lowest BCUT2D eigenvalue weighted by Crippen LogP contribution is -2.51. The van der Waals surface area contributed by atoms with Crippen LogP contribution in [0.1, 0.15) is 77.2 Å². The Morgan fingerprint density at radius 1 is 1.00 bits per heavy atom. The van der Waals surface area contributed by atoms with E-state index in [4.69, 9.17) is 23.4 Å². The van der Waals surface area contributed by atoms with Crippen LogP contribution < -0.4 is 20.4 Å². The van der Waals surface area contributed by atoms with E-state index in [1.54, 1.807) is 12.1 Å². The summed E-state index contributed by atoms with van der Waals surface area (Å²) in [4.78, 5) is 64.2. The molecule has 2 aromatic rings. The smallest absolute Gasteiger partial charge is 0.492 e. The van der Waals surface area contributed by atoms with Crippen LogP contribution in [0.15, 0.2) is 23.1 Å². The SMILES string of the molecule is COc1c(N2C[C@H](C)C[C@H](NC(=O)OC(C)(C)C)C2)ccc2c(=O)c(C(=O)OB(OC(C)=O)OC(C)=O)cn(C3CC3)c12. The highest BCUT2D eigenvalue weighted by atomic mass is 16.8. The molecule has 1 aliphatic carbocycles. The average Bonchev–Trinajstić information content (AvgIpc) is 3.71. The van der Waals surface area contributed by atoms with Crippen LogP contribution in [0.4, 0.5) is 10.5 Å². The third kappa shape index (κ3) is 7.79. The zero-order valence-corrected chi connectivity index (χ0v) is 25.6. The summed E-state index contributed by atoms with van der Waals surface area (Å²) in [5.41, 5.74) is -0.290. The lowest BCUT2D eigenvalue weighted by Gasteiger charge is -2.39. The number of hydrogen-bond acceptors (Lipinski definition) is 11. The van der Waals surface area contributed by atoms with Gasteiger partial charge in [-0.3, -0.25) is 14.4 Å². The van der Waals surface area contributed by atoms with Crippen molar-refractivity contribution in [2.24, 2.45) is 5.92 Å². The van der Waals surface area contributed by atoms with E-state index in [0.717, 1.165) is 38.8 Å². The second kappa shape index (κ2) is 12.6. The minimum atomic E-state index is -1.94. The van der Waals surface area contributed by atoms with Crippen molar-refractivity contribution in [2.45, 2.75) is 78.5 Å². The molecule has 4 rings (SSSR count). The number of ether oxygens (including phenoxy) is 2. The van der Waals surface area contributed by atoms with Crippen LogP contribution in [0.5, 0.6) is 5.75 Å². The number of nitrogens with one attached hydrogen (secondary N) is 1. The van der Waals surface area contributed by atoms with Crippen molar-refractivity contribution < 1.29 is 42.6 Å². The van der Waals surface area contributed by atoms with Gasteiger partial charge in [0, 0.05) is 45.2 Å². The Kier molecular flexibility index (Phi) is 9.26. The van der Waals surface area contributed by atoms with Crippen LogP contribution in [-0.2, 0) is 28.3 Å². The van der Waals surface area contributed by atoms with Gasteiger partial charge in [0.25, 0.3) is 11.9 Å². The van der Waals surface area contributed by atoms with E-state index in [1.807, 2.05) is 25.3 Å². The van der Waals surface area contributed by atoms with Gasteiger partial charge in [-0.25, -0.2) is 9.59 Å². The monoisotopic (exact) mass is 599 g/mol. The Bertz CT molecular complexity index is 1460. The number of hydrogen-bond donors (Lipinski definition) is 1. The Hall–Kier alpha value is -4.23. The van der Waals surface area contributed by atoms with Crippen LogP contribution in [-0.4, -0.2) is 67.7 Å². The van der Waals surface area contributed by atoms with Crippen LogP contribution in [0.3, 0.4) is 0 Å². The fourth-order valence-corrected chi connectivity index (χ4v) is 5.26. The number of fused-ring (bicyclic) bond motifs is 1. The van der Waals surface area contributed by atoms with E-state index in [0.29, 0.717) is 24.4 Å². The zero-order chi connectivity index (χ0) is 31.6. The Balaban J connectivity index is 1.71. The number of anilines is 1. The van der Waals surface area contributed by atoms with E-state index in [2.05, 4.69) is 17.1 Å². The van der Waals surface area contributed by atoms with Gasteiger partial charge < -0.3 is 38.2 Å². The van der Waals surface area contributed by atoms with Gasteiger partial charge in [0.2, 0.25) is 5.43 Å². The highest BCUT2D eigenvalue weighted by Crippen LogP contribution is 2.43. The van der Waals surface area contributed by atoms with Crippen molar-refractivity contribution in [3.05, 3.63) is 34.1 Å². The van der Waals surface area contributed by atoms with Crippen molar-refractivity contribution >= 4 is 47.9 Å². The number of aromatic nitrogens is 1. The molecule has 0 radical (unpaired) electrons. The molecule has 2 atom stereocenters. The van der Waals surface area contributed by atoms with Crippen LogP contribution in [0, 0.1) is 5.92 Å². The molecule has 1 aromatic heterocycles. The molecule has 1 aliphatic heterocycles. The van der Waals surface area contributed by atoms with Gasteiger partial charge in [-0.2, -0.15) is 0 Å². The second-order valence-electron chi connectivity index (χ2n) is 12.0. The number of rotatable bonds is 8. The summed E-state index contributed by atoms with van der Waals surface area (Å²) < 4.78 is 27.8. The minimum absolute atomic E-state index is 0.0124. The number of alkyl carbamates (subject to hydrolysis) is 1. The highest BCUT2D eigenvalue weighted by molar-refractivity contribution is 6.44. The Morgan fingerprint density at radius 3 is 2.21 bits per heavy atom. The van der Waals surface area contributed by atoms with Crippen molar-refractivity contribution in [1.82, 2.24) is 9.88 Å². The van der Waals surface area contributed by atoms with Crippen molar-refractivity contribution in [2.75, 3.05) is 25.1 Å². The predicted molar refractivity (Wildman–Crippen MR) is 157 cm³/mol. The van der Waals surface area contributed by atoms with Crippen molar-refractivity contribution in [3.63, 3.8) is 0 Å². The summed E-state index contributed by atoms with van der Waals surface area (Å²) in [5, 5.41) is 3.20.